The van der Waals surface area contributed by atoms with Gasteiger partial charge in [-0.05, 0) is 43.3 Å². The van der Waals surface area contributed by atoms with Crippen LogP contribution in [0.15, 0.2) is 60.7 Å². The van der Waals surface area contributed by atoms with E-state index in [4.69, 9.17) is 27.9 Å². The highest BCUT2D eigenvalue weighted by atomic mass is 35.5. The van der Waals surface area contributed by atoms with Crippen LogP contribution in [-0.4, -0.2) is 17.5 Å². The number of hydrogen-bond acceptors (Lipinski definition) is 4. The minimum atomic E-state index is -0.315. The van der Waals surface area contributed by atoms with E-state index in [1.54, 1.807) is 12.1 Å². The molecular weight excluding hydrogens is 427 g/mol. The predicted octanol–water partition coefficient (Wildman–Crippen LogP) is 6.60. The summed E-state index contributed by atoms with van der Waals surface area (Å²) in [5.74, 6) is 0.313. The fraction of sp³-hybridized carbons (Fsp3) is 0.0909. The number of anilines is 1. The number of thiazole rings is 1. The maximum Gasteiger partial charge on any atom is 0.262 e. The van der Waals surface area contributed by atoms with Gasteiger partial charge in [0.05, 0.1) is 25.9 Å². The van der Waals surface area contributed by atoms with Crippen LogP contribution < -0.4 is 10.1 Å². The second kappa shape index (κ2) is 8.41. The molecule has 0 aliphatic carbocycles. The van der Waals surface area contributed by atoms with E-state index in [1.807, 2.05) is 55.5 Å². The second-order valence-electron chi connectivity index (χ2n) is 6.45. The molecule has 0 unspecified atom stereocenters. The van der Waals surface area contributed by atoms with E-state index < -0.39 is 0 Å². The van der Waals surface area contributed by atoms with Crippen molar-refractivity contribution in [1.82, 2.24) is 4.98 Å². The summed E-state index contributed by atoms with van der Waals surface area (Å²) in [6.07, 6.45) is 0. The van der Waals surface area contributed by atoms with Gasteiger partial charge in [0.1, 0.15) is 10.8 Å². The fourth-order valence-electron chi connectivity index (χ4n) is 2.77. The molecule has 0 atom stereocenters. The first-order chi connectivity index (χ1) is 14.0. The molecule has 0 aliphatic heterocycles. The highest BCUT2D eigenvalue weighted by molar-refractivity contribution is 7.21. The van der Waals surface area contributed by atoms with Crippen molar-refractivity contribution in [2.24, 2.45) is 0 Å². The van der Waals surface area contributed by atoms with E-state index in [2.05, 4.69) is 10.3 Å². The third kappa shape index (κ3) is 4.53. The lowest BCUT2D eigenvalue weighted by molar-refractivity contribution is -0.118. The molecule has 0 spiro atoms. The van der Waals surface area contributed by atoms with Crippen molar-refractivity contribution in [1.29, 1.82) is 0 Å². The van der Waals surface area contributed by atoms with Crippen LogP contribution in [0.3, 0.4) is 0 Å². The second-order valence-corrected chi connectivity index (χ2v) is 8.29. The molecule has 1 heterocycles. The SMILES string of the molecule is Cc1ccc(OCC(=O)Nc2cc(-c3nc4ccccc4s3)c(Cl)cc2Cl)cc1. The number of hydrogen-bond donors (Lipinski definition) is 1. The Kier molecular flexibility index (Phi) is 5.72. The van der Waals surface area contributed by atoms with Gasteiger partial charge in [-0.25, -0.2) is 4.98 Å². The van der Waals surface area contributed by atoms with Crippen LogP contribution in [0.2, 0.25) is 10.0 Å². The number of aryl methyl sites for hydroxylation is 1. The van der Waals surface area contributed by atoms with E-state index in [0.717, 1.165) is 20.8 Å². The number of carbonyl (C=O) groups excluding carboxylic acids is 1. The number of carbonyl (C=O) groups is 1. The van der Waals surface area contributed by atoms with Crippen molar-refractivity contribution in [2.45, 2.75) is 6.92 Å². The third-order valence-corrected chi connectivity index (χ3v) is 5.94. The first kappa shape index (κ1) is 19.7. The monoisotopic (exact) mass is 442 g/mol. The largest absolute Gasteiger partial charge is 0.484 e. The van der Waals surface area contributed by atoms with Gasteiger partial charge in [-0.3, -0.25) is 4.79 Å². The van der Waals surface area contributed by atoms with Gasteiger partial charge >= 0.3 is 0 Å². The molecule has 0 radical (unpaired) electrons. The molecule has 3 aromatic carbocycles. The fourth-order valence-corrected chi connectivity index (χ4v) is 4.34. The van der Waals surface area contributed by atoms with Gasteiger partial charge in [-0.1, -0.05) is 53.0 Å². The Morgan fingerprint density at radius 2 is 1.83 bits per heavy atom. The van der Waals surface area contributed by atoms with Gasteiger partial charge in [0.15, 0.2) is 6.61 Å². The van der Waals surface area contributed by atoms with Gasteiger partial charge in [0, 0.05) is 5.56 Å². The molecule has 7 heteroatoms. The minimum Gasteiger partial charge on any atom is -0.484 e. The average Bonchev–Trinajstić information content (AvgIpc) is 3.13. The van der Waals surface area contributed by atoms with Crippen LogP contribution in [0.5, 0.6) is 5.75 Å². The molecule has 146 valence electrons. The average molecular weight is 443 g/mol. The Hall–Kier alpha value is -2.60. The molecule has 0 fully saturated rings. The lowest BCUT2D eigenvalue weighted by Crippen LogP contribution is -2.20. The summed E-state index contributed by atoms with van der Waals surface area (Å²) in [5.41, 5.74) is 3.20. The molecule has 0 aliphatic rings. The van der Waals surface area contributed by atoms with Crippen LogP contribution in [0.25, 0.3) is 20.8 Å². The molecular formula is C22H16Cl2N2O2S. The molecule has 4 rings (SSSR count). The zero-order chi connectivity index (χ0) is 20.4. The lowest BCUT2D eigenvalue weighted by Gasteiger charge is -2.11. The number of halogens is 2. The molecule has 29 heavy (non-hydrogen) atoms. The van der Waals surface area contributed by atoms with Crippen LogP contribution in [0.1, 0.15) is 5.56 Å². The quantitative estimate of drug-likeness (QED) is 0.378. The molecule has 1 aromatic heterocycles. The van der Waals surface area contributed by atoms with Crippen molar-refractivity contribution in [3.63, 3.8) is 0 Å². The maximum absolute atomic E-state index is 12.3. The maximum atomic E-state index is 12.3. The summed E-state index contributed by atoms with van der Waals surface area (Å²) >= 11 is 14.2. The number of nitrogens with zero attached hydrogens (tertiary/aromatic N) is 1. The van der Waals surface area contributed by atoms with Gasteiger partial charge < -0.3 is 10.1 Å². The van der Waals surface area contributed by atoms with Gasteiger partial charge in [-0.2, -0.15) is 0 Å². The lowest BCUT2D eigenvalue weighted by atomic mass is 10.2. The summed E-state index contributed by atoms with van der Waals surface area (Å²) in [5, 5.41) is 4.37. The number of aromatic nitrogens is 1. The Labute approximate surface area is 182 Å². The van der Waals surface area contributed by atoms with Gasteiger partial charge in [0.25, 0.3) is 5.91 Å². The van der Waals surface area contributed by atoms with E-state index >= 15 is 0 Å². The van der Waals surface area contributed by atoms with Crippen LogP contribution in [0, 0.1) is 6.92 Å². The van der Waals surface area contributed by atoms with Crippen molar-refractivity contribution >= 4 is 56.3 Å². The number of para-hydroxylation sites is 1. The van der Waals surface area contributed by atoms with Gasteiger partial charge in [-0.15, -0.1) is 11.3 Å². The molecule has 0 saturated heterocycles. The minimum absolute atomic E-state index is 0.127. The molecule has 0 saturated carbocycles. The molecule has 0 bridgehead atoms. The molecule has 1 amide bonds. The Morgan fingerprint density at radius 1 is 1.07 bits per heavy atom. The van der Waals surface area contributed by atoms with Crippen LogP contribution in [-0.2, 0) is 4.79 Å². The summed E-state index contributed by atoms with van der Waals surface area (Å²) < 4.78 is 6.58. The topological polar surface area (TPSA) is 51.2 Å². The van der Waals surface area contributed by atoms with E-state index in [9.17, 15) is 4.79 Å². The number of benzene rings is 3. The summed E-state index contributed by atoms with van der Waals surface area (Å²) in [4.78, 5) is 17.0. The highest BCUT2D eigenvalue weighted by Gasteiger charge is 2.15. The Balaban J connectivity index is 1.53. The smallest absolute Gasteiger partial charge is 0.262 e. The first-order valence-electron chi connectivity index (χ1n) is 8.84. The molecule has 4 aromatic rings. The first-order valence-corrected chi connectivity index (χ1v) is 10.4. The predicted molar refractivity (Wildman–Crippen MR) is 120 cm³/mol. The Morgan fingerprint density at radius 3 is 2.59 bits per heavy atom. The van der Waals surface area contributed by atoms with E-state index in [1.165, 1.54) is 11.3 Å². The number of rotatable bonds is 5. The number of ether oxygens (including phenoxy) is 1. The Bertz CT molecular complexity index is 1160. The normalized spacial score (nSPS) is 10.9. The van der Waals surface area contributed by atoms with Gasteiger partial charge in [0.2, 0.25) is 0 Å². The van der Waals surface area contributed by atoms with Crippen LogP contribution >= 0.6 is 34.5 Å². The zero-order valence-electron chi connectivity index (χ0n) is 15.4. The number of fused-ring (bicyclic) bond motifs is 1. The van der Waals surface area contributed by atoms with Crippen molar-refractivity contribution in [3.05, 3.63) is 76.3 Å². The standard InChI is InChI=1S/C22H16Cl2N2O2S/c1-13-6-8-14(9-7-13)28-12-21(27)25-19-10-15(16(23)11-17(19)24)22-26-18-4-2-3-5-20(18)29-22/h2-11H,12H2,1H3,(H,25,27). The highest BCUT2D eigenvalue weighted by Crippen LogP contribution is 2.38. The zero-order valence-corrected chi connectivity index (χ0v) is 17.7. The summed E-state index contributed by atoms with van der Waals surface area (Å²) in [6, 6.07) is 18.7. The van der Waals surface area contributed by atoms with Crippen molar-refractivity contribution in [2.75, 3.05) is 11.9 Å². The van der Waals surface area contributed by atoms with Crippen LogP contribution in [0.4, 0.5) is 5.69 Å². The molecule has 1 N–H and O–H groups in total. The van der Waals surface area contributed by atoms with Crippen molar-refractivity contribution < 1.29 is 9.53 Å². The van der Waals surface area contributed by atoms with E-state index in [-0.39, 0.29) is 12.5 Å². The van der Waals surface area contributed by atoms with Crippen molar-refractivity contribution in [3.8, 4) is 16.3 Å². The summed E-state index contributed by atoms with van der Waals surface area (Å²) in [7, 11) is 0. The number of amides is 1. The third-order valence-electron chi connectivity index (χ3n) is 4.25. The van der Waals surface area contributed by atoms with E-state index in [0.29, 0.717) is 27.0 Å². The summed E-state index contributed by atoms with van der Waals surface area (Å²) in [6.45, 7) is 1.86. The molecule has 4 nitrogen and oxygen atoms in total. The number of nitrogens with one attached hydrogen (secondary N) is 1.